The Morgan fingerprint density at radius 2 is 1.80 bits per heavy atom. The molecule has 0 amide bonds. The molecule has 0 heterocycles. The summed E-state index contributed by atoms with van der Waals surface area (Å²) in [5, 5.41) is 3.49. The van der Waals surface area contributed by atoms with Gasteiger partial charge in [0, 0.05) is 0 Å². The lowest BCUT2D eigenvalue weighted by molar-refractivity contribution is 0.570. The maximum absolute atomic E-state index is 5.55. The highest BCUT2D eigenvalue weighted by Gasteiger charge is 2.34. The van der Waals surface area contributed by atoms with Crippen LogP contribution in [-0.4, -0.2) is 19.6 Å². The molecule has 1 rings (SSSR count). The molecule has 0 bridgehead atoms. The number of nitrogens with two attached hydrogens (primary N) is 1. The van der Waals surface area contributed by atoms with E-state index in [2.05, 4.69) is 26.1 Å². The second-order valence-electron chi connectivity index (χ2n) is 4.61. The summed E-state index contributed by atoms with van der Waals surface area (Å²) in [5.74, 6) is 1.74. The van der Waals surface area contributed by atoms with Crippen molar-refractivity contribution >= 4 is 0 Å². The molecule has 1 saturated carbocycles. The standard InChI is InChI=1S/C10H22N2.C3H8/c1-2-3-4-5-12-8-10-6-9(10)7-11;1-3-2/h9-10,12H,2-8,11H2,1H3;3H2,1-2H3. The molecule has 0 aromatic heterocycles. The van der Waals surface area contributed by atoms with E-state index in [1.165, 1.54) is 45.2 Å². The fraction of sp³-hybridized carbons (Fsp3) is 1.00. The van der Waals surface area contributed by atoms with E-state index in [9.17, 15) is 0 Å². The average Bonchev–Trinajstić information content (AvgIpc) is 2.98. The molecular weight excluding hydrogens is 184 g/mol. The molecule has 2 atom stereocenters. The highest BCUT2D eigenvalue weighted by atomic mass is 14.9. The first-order valence-corrected chi connectivity index (χ1v) is 6.70. The van der Waals surface area contributed by atoms with Gasteiger partial charge in [-0.05, 0) is 44.3 Å². The Morgan fingerprint density at radius 3 is 2.27 bits per heavy atom. The molecule has 0 aromatic rings. The van der Waals surface area contributed by atoms with Gasteiger partial charge in [0.1, 0.15) is 0 Å². The van der Waals surface area contributed by atoms with Gasteiger partial charge in [-0.3, -0.25) is 0 Å². The summed E-state index contributed by atoms with van der Waals surface area (Å²) in [6, 6.07) is 0. The molecule has 2 heteroatoms. The Labute approximate surface area is 96.0 Å². The average molecular weight is 214 g/mol. The van der Waals surface area contributed by atoms with Crippen LogP contribution in [0.15, 0.2) is 0 Å². The SMILES string of the molecule is CCC.CCCCCNCC1CC1CN. The molecule has 0 saturated heterocycles. The summed E-state index contributed by atoms with van der Waals surface area (Å²) in [4.78, 5) is 0. The van der Waals surface area contributed by atoms with Crippen LogP contribution in [-0.2, 0) is 0 Å². The lowest BCUT2D eigenvalue weighted by atomic mass is 10.2. The van der Waals surface area contributed by atoms with E-state index < -0.39 is 0 Å². The van der Waals surface area contributed by atoms with Crippen molar-refractivity contribution in [3.8, 4) is 0 Å². The zero-order valence-corrected chi connectivity index (χ0v) is 10.9. The summed E-state index contributed by atoms with van der Waals surface area (Å²) in [6.45, 7) is 9.78. The number of nitrogens with one attached hydrogen (secondary N) is 1. The Kier molecular flexibility index (Phi) is 10.4. The fourth-order valence-electron chi connectivity index (χ4n) is 1.64. The zero-order valence-electron chi connectivity index (χ0n) is 10.9. The van der Waals surface area contributed by atoms with Gasteiger partial charge in [0.15, 0.2) is 0 Å². The highest BCUT2D eigenvalue weighted by molar-refractivity contribution is 4.88. The first-order valence-electron chi connectivity index (χ1n) is 6.70. The molecule has 1 aliphatic carbocycles. The van der Waals surface area contributed by atoms with E-state index in [0.717, 1.165) is 18.4 Å². The van der Waals surface area contributed by atoms with Crippen LogP contribution < -0.4 is 11.1 Å². The third-order valence-electron chi connectivity index (χ3n) is 2.74. The van der Waals surface area contributed by atoms with Crippen molar-refractivity contribution in [3.05, 3.63) is 0 Å². The summed E-state index contributed by atoms with van der Waals surface area (Å²) in [6.07, 6.45) is 6.61. The molecule has 1 aliphatic rings. The lowest BCUT2D eigenvalue weighted by Gasteiger charge is -2.02. The topological polar surface area (TPSA) is 38.0 Å². The van der Waals surface area contributed by atoms with Crippen molar-refractivity contribution < 1.29 is 0 Å². The fourth-order valence-corrected chi connectivity index (χ4v) is 1.64. The molecule has 15 heavy (non-hydrogen) atoms. The van der Waals surface area contributed by atoms with Gasteiger partial charge in [-0.25, -0.2) is 0 Å². The zero-order chi connectivity index (χ0) is 11.5. The van der Waals surface area contributed by atoms with Gasteiger partial charge in [0.25, 0.3) is 0 Å². The van der Waals surface area contributed by atoms with E-state index in [1.54, 1.807) is 0 Å². The van der Waals surface area contributed by atoms with E-state index >= 15 is 0 Å². The van der Waals surface area contributed by atoms with Crippen molar-refractivity contribution in [3.63, 3.8) is 0 Å². The second kappa shape index (κ2) is 10.4. The number of unbranched alkanes of at least 4 members (excludes halogenated alkanes) is 2. The summed E-state index contributed by atoms with van der Waals surface area (Å²) >= 11 is 0. The molecule has 92 valence electrons. The maximum atomic E-state index is 5.55. The van der Waals surface area contributed by atoms with Gasteiger partial charge in [-0.1, -0.05) is 40.0 Å². The van der Waals surface area contributed by atoms with Crippen molar-refractivity contribution in [2.75, 3.05) is 19.6 Å². The largest absolute Gasteiger partial charge is 0.330 e. The maximum Gasteiger partial charge on any atom is -0.00173 e. The van der Waals surface area contributed by atoms with Crippen LogP contribution in [0.25, 0.3) is 0 Å². The molecule has 2 unspecified atom stereocenters. The normalized spacial score (nSPS) is 23.2. The molecular formula is C13H30N2. The monoisotopic (exact) mass is 214 g/mol. The Hall–Kier alpha value is -0.0800. The second-order valence-corrected chi connectivity index (χ2v) is 4.61. The molecule has 0 spiro atoms. The Balaban J connectivity index is 0.000000583. The predicted octanol–water partition coefficient (Wildman–Crippen LogP) is 2.78. The Morgan fingerprint density at radius 1 is 1.13 bits per heavy atom. The van der Waals surface area contributed by atoms with Gasteiger partial charge in [0.2, 0.25) is 0 Å². The van der Waals surface area contributed by atoms with Crippen LogP contribution in [0.1, 0.15) is 52.9 Å². The summed E-state index contributed by atoms with van der Waals surface area (Å²) < 4.78 is 0. The molecule has 0 aliphatic heterocycles. The van der Waals surface area contributed by atoms with Crippen LogP contribution in [0.5, 0.6) is 0 Å². The van der Waals surface area contributed by atoms with Gasteiger partial charge in [-0.2, -0.15) is 0 Å². The number of hydrogen-bond donors (Lipinski definition) is 2. The molecule has 1 fully saturated rings. The lowest BCUT2D eigenvalue weighted by Crippen LogP contribution is -2.19. The molecule has 3 N–H and O–H groups in total. The third-order valence-corrected chi connectivity index (χ3v) is 2.74. The third kappa shape index (κ3) is 8.88. The first kappa shape index (κ1) is 14.9. The molecule has 2 nitrogen and oxygen atoms in total. The van der Waals surface area contributed by atoms with E-state index in [0.29, 0.717) is 0 Å². The van der Waals surface area contributed by atoms with Crippen LogP contribution in [0, 0.1) is 11.8 Å². The minimum atomic E-state index is 0.837. The molecule has 0 aromatic carbocycles. The van der Waals surface area contributed by atoms with Crippen LogP contribution in [0.4, 0.5) is 0 Å². The van der Waals surface area contributed by atoms with Crippen molar-refractivity contribution in [1.29, 1.82) is 0 Å². The quantitative estimate of drug-likeness (QED) is 0.640. The summed E-state index contributed by atoms with van der Waals surface area (Å²) in [7, 11) is 0. The van der Waals surface area contributed by atoms with Gasteiger partial charge in [-0.15, -0.1) is 0 Å². The molecule has 0 radical (unpaired) electrons. The van der Waals surface area contributed by atoms with E-state index in [-0.39, 0.29) is 0 Å². The number of rotatable bonds is 7. The van der Waals surface area contributed by atoms with Crippen LogP contribution in [0.3, 0.4) is 0 Å². The predicted molar refractivity (Wildman–Crippen MR) is 69.0 cm³/mol. The minimum Gasteiger partial charge on any atom is -0.330 e. The minimum absolute atomic E-state index is 0.837. The summed E-state index contributed by atoms with van der Waals surface area (Å²) in [5.41, 5.74) is 5.55. The Bertz CT molecular complexity index is 126. The van der Waals surface area contributed by atoms with Crippen LogP contribution >= 0.6 is 0 Å². The van der Waals surface area contributed by atoms with E-state index in [1.807, 2.05) is 0 Å². The highest BCUT2D eigenvalue weighted by Crippen LogP contribution is 2.36. The first-order chi connectivity index (χ1) is 7.29. The number of hydrogen-bond acceptors (Lipinski definition) is 2. The smallest absolute Gasteiger partial charge is 0.00173 e. The van der Waals surface area contributed by atoms with Crippen molar-refractivity contribution in [2.45, 2.75) is 52.9 Å². The van der Waals surface area contributed by atoms with Gasteiger partial charge >= 0.3 is 0 Å². The van der Waals surface area contributed by atoms with Gasteiger partial charge in [0.05, 0.1) is 0 Å². The van der Waals surface area contributed by atoms with Crippen molar-refractivity contribution in [2.24, 2.45) is 17.6 Å². The van der Waals surface area contributed by atoms with E-state index in [4.69, 9.17) is 5.73 Å². The van der Waals surface area contributed by atoms with Gasteiger partial charge < -0.3 is 11.1 Å². The van der Waals surface area contributed by atoms with Crippen LogP contribution in [0.2, 0.25) is 0 Å². The van der Waals surface area contributed by atoms with Crippen molar-refractivity contribution in [1.82, 2.24) is 5.32 Å².